The van der Waals surface area contributed by atoms with Gasteiger partial charge in [-0.3, -0.25) is 19.1 Å². The first-order chi connectivity index (χ1) is 20.8. The van der Waals surface area contributed by atoms with Crippen molar-refractivity contribution in [3.63, 3.8) is 0 Å². The maximum atomic E-state index is 13.5. The average molecular weight is 595 g/mol. The van der Waals surface area contributed by atoms with Gasteiger partial charge in [0.25, 0.3) is 5.56 Å². The number of benzene rings is 2. The predicted molar refractivity (Wildman–Crippen MR) is 165 cm³/mol. The van der Waals surface area contributed by atoms with Crippen molar-refractivity contribution in [3.8, 4) is 17.6 Å². The third kappa shape index (κ3) is 7.14. The van der Waals surface area contributed by atoms with E-state index in [2.05, 4.69) is 29.9 Å². The summed E-state index contributed by atoms with van der Waals surface area (Å²) in [7, 11) is -2.73. The molecule has 12 heteroatoms. The van der Waals surface area contributed by atoms with Crippen LogP contribution in [0.4, 0.5) is 5.69 Å². The Morgan fingerprint density at radius 3 is 2.65 bits per heavy atom. The minimum Gasteiger partial charge on any atom is -0.379 e. The van der Waals surface area contributed by atoms with Crippen molar-refractivity contribution in [1.82, 2.24) is 24.8 Å². The molecular formula is C31H30N8O3S. The molecule has 0 aliphatic rings. The first kappa shape index (κ1) is 29.2. The van der Waals surface area contributed by atoms with E-state index in [0.717, 1.165) is 27.7 Å². The molecule has 3 heterocycles. The van der Waals surface area contributed by atoms with Gasteiger partial charge in [-0.1, -0.05) is 42.5 Å². The van der Waals surface area contributed by atoms with E-state index >= 15 is 0 Å². The third-order valence-electron chi connectivity index (χ3n) is 6.87. The number of aromatic amines is 1. The molecule has 3 aromatic heterocycles. The quantitative estimate of drug-likeness (QED) is 0.154. The maximum Gasteiger partial charge on any atom is 0.277 e. The number of hydrogen-bond acceptors (Lipinski definition) is 8. The van der Waals surface area contributed by atoms with Gasteiger partial charge in [0.2, 0.25) is 12.1 Å². The molecule has 0 saturated carbocycles. The van der Waals surface area contributed by atoms with E-state index in [1.807, 2.05) is 54.6 Å². The van der Waals surface area contributed by atoms with E-state index in [4.69, 9.17) is 5.26 Å². The van der Waals surface area contributed by atoms with Crippen LogP contribution in [0.2, 0.25) is 0 Å². The van der Waals surface area contributed by atoms with Crippen molar-refractivity contribution >= 4 is 32.2 Å². The molecule has 1 amide bonds. The van der Waals surface area contributed by atoms with Gasteiger partial charge in [-0.2, -0.15) is 5.26 Å². The monoisotopic (exact) mass is 594 g/mol. The Labute approximate surface area is 248 Å². The van der Waals surface area contributed by atoms with E-state index in [1.54, 1.807) is 30.7 Å². The van der Waals surface area contributed by atoms with Crippen molar-refractivity contribution < 1.29 is 9.00 Å². The standard InChI is InChI=1S/C31H30N8O3S/c1-43(42,37-21-32)26-11-9-22(10-12-26)6-5-14-34-28-19-36-30(23-7-3-2-4-8-23)39(31(28)41)20-29(40)35-18-25-16-24-17-33-15-13-27(24)38-25/h2-4,7-13,15-17,19,34,38H,5-6,14,18,20H2,1H3,(H,35,40). The van der Waals surface area contributed by atoms with Crippen LogP contribution in [0.3, 0.4) is 0 Å². The minimum atomic E-state index is -2.73. The molecule has 11 nitrogen and oxygen atoms in total. The van der Waals surface area contributed by atoms with Crippen LogP contribution in [0.5, 0.6) is 0 Å². The van der Waals surface area contributed by atoms with Gasteiger partial charge in [0.15, 0.2) is 0 Å². The van der Waals surface area contributed by atoms with Gasteiger partial charge in [0.1, 0.15) is 18.1 Å². The van der Waals surface area contributed by atoms with Crippen molar-refractivity contribution in [2.24, 2.45) is 4.36 Å². The normalized spacial score (nSPS) is 12.3. The van der Waals surface area contributed by atoms with Crippen LogP contribution in [0.25, 0.3) is 22.3 Å². The number of anilines is 1. The molecule has 0 fully saturated rings. The second-order valence-corrected chi connectivity index (χ2v) is 12.2. The number of aromatic nitrogens is 4. The van der Waals surface area contributed by atoms with Gasteiger partial charge >= 0.3 is 0 Å². The highest BCUT2D eigenvalue weighted by atomic mass is 32.2. The molecule has 3 N–H and O–H groups in total. The Kier molecular flexibility index (Phi) is 8.93. The predicted octanol–water partition coefficient (Wildman–Crippen LogP) is 4.09. The molecule has 0 radical (unpaired) electrons. The van der Waals surface area contributed by atoms with Crippen molar-refractivity contribution in [1.29, 1.82) is 5.26 Å². The molecule has 0 saturated heterocycles. The molecule has 0 bridgehead atoms. The fraction of sp³-hybridized carbons (Fsp3) is 0.194. The number of carbonyl (C=O) groups is 1. The van der Waals surface area contributed by atoms with Crippen molar-refractivity contribution in [2.75, 3.05) is 18.1 Å². The summed E-state index contributed by atoms with van der Waals surface area (Å²) in [5.74, 6) is 0.0794. The Bertz CT molecular complexity index is 1940. The van der Waals surface area contributed by atoms with Crippen LogP contribution in [-0.2, 0) is 34.0 Å². The zero-order chi connectivity index (χ0) is 30.2. The number of nitrogens with zero attached hydrogens (tertiary/aromatic N) is 5. The number of nitrogens with one attached hydrogen (secondary N) is 3. The van der Waals surface area contributed by atoms with Crippen LogP contribution < -0.4 is 16.2 Å². The SMILES string of the molecule is CS(=O)(=NC#N)c1ccc(CCCNc2cnc(-c3ccccc3)n(CC(=O)NCc3cc4cnccc4[nH]3)c2=O)cc1. The zero-order valence-electron chi connectivity index (χ0n) is 23.5. The summed E-state index contributed by atoms with van der Waals surface area (Å²) in [6.07, 6.45) is 9.42. The molecule has 2 aromatic carbocycles. The lowest BCUT2D eigenvalue weighted by Gasteiger charge is -2.15. The lowest BCUT2D eigenvalue weighted by Crippen LogP contribution is -2.34. The Morgan fingerprint density at radius 2 is 1.91 bits per heavy atom. The molecule has 5 rings (SSSR count). The highest BCUT2D eigenvalue weighted by molar-refractivity contribution is 7.93. The number of aryl methyl sites for hydroxylation is 1. The van der Waals surface area contributed by atoms with E-state index in [9.17, 15) is 13.8 Å². The second kappa shape index (κ2) is 13.1. The zero-order valence-corrected chi connectivity index (χ0v) is 24.3. The van der Waals surface area contributed by atoms with Crippen LogP contribution in [0, 0.1) is 11.5 Å². The largest absolute Gasteiger partial charge is 0.379 e. The summed E-state index contributed by atoms with van der Waals surface area (Å²) in [6.45, 7) is 0.579. The number of H-pyrrole nitrogens is 1. The number of rotatable bonds is 11. The number of pyridine rings is 1. The van der Waals surface area contributed by atoms with Gasteiger partial charge in [0.05, 0.1) is 22.5 Å². The summed E-state index contributed by atoms with van der Waals surface area (Å²) >= 11 is 0. The first-order valence-corrected chi connectivity index (χ1v) is 15.5. The summed E-state index contributed by atoms with van der Waals surface area (Å²) < 4.78 is 17.3. The van der Waals surface area contributed by atoms with Crippen molar-refractivity contribution in [2.45, 2.75) is 30.8 Å². The molecule has 5 aromatic rings. The van der Waals surface area contributed by atoms with E-state index in [1.165, 1.54) is 17.0 Å². The van der Waals surface area contributed by atoms with Crippen LogP contribution in [0.1, 0.15) is 17.7 Å². The fourth-order valence-corrected chi connectivity index (χ4v) is 5.56. The third-order valence-corrected chi connectivity index (χ3v) is 8.44. The van der Waals surface area contributed by atoms with Crippen molar-refractivity contribution in [3.05, 3.63) is 107 Å². The topological polar surface area (TPSA) is 158 Å². The molecule has 218 valence electrons. The van der Waals surface area contributed by atoms with E-state index in [0.29, 0.717) is 35.8 Å². The Hall–Kier alpha value is -5.28. The summed E-state index contributed by atoms with van der Waals surface area (Å²) in [6, 6.07) is 20.2. The van der Waals surface area contributed by atoms with Gasteiger partial charge in [-0.05, 0) is 42.7 Å². The summed E-state index contributed by atoms with van der Waals surface area (Å²) in [5.41, 5.74) is 3.47. The highest BCUT2D eigenvalue weighted by Gasteiger charge is 2.15. The molecule has 1 atom stereocenters. The lowest BCUT2D eigenvalue weighted by atomic mass is 10.1. The Morgan fingerprint density at radius 1 is 1.12 bits per heavy atom. The minimum absolute atomic E-state index is 0.196. The van der Waals surface area contributed by atoms with Gasteiger partial charge in [0, 0.05) is 52.3 Å². The Balaban J connectivity index is 1.25. The number of amides is 1. The maximum absolute atomic E-state index is 13.5. The summed E-state index contributed by atoms with van der Waals surface area (Å²) in [4.78, 5) is 39.0. The smallest absolute Gasteiger partial charge is 0.277 e. The van der Waals surface area contributed by atoms with Gasteiger partial charge < -0.3 is 15.6 Å². The summed E-state index contributed by atoms with van der Waals surface area (Å²) in [5, 5.41) is 15.7. The van der Waals surface area contributed by atoms with E-state index < -0.39 is 9.73 Å². The molecule has 0 aliphatic heterocycles. The molecule has 1 unspecified atom stereocenters. The van der Waals surface area contributed by atoms with Gasteiger partial charge in [-0.15, -0.1) is 4.36 Å². The molecule has 0 spiro atoms. The number of nitriles is 1. The molecule has 0 aliphatic carbocycles. The molecule has 43 heavy (non-hydrogen) atoms. The lowest BCUT2D eigenvalue weighted by molar-refractivity contribution is -0.121. The second-order valence-electron chi connectivity index (χ2n) is 9.96. The van der Waals surface area contributed by atoms with Crippen LogP contribution >= 0.6 is 0 Å². The molecular weight excluding hydrogens is 564 g/mol. The van der Waals surface area contributed by atoms with E-state index in [-0.39, 0.29) is 24.6 Å². The number of hydrogen-bond donors (Lipinski definition) is 3. The number of fused-ring (bicyclic) bond motifs is 1. The highest BCUT2D eigenvalue weighted by Crippen LogP contribution is 2.17. The number of carbonyl (C=O) groups excluding carboxylic acids is 1. The van der Waals surface area contributed by atoms with Gasteiger partial charge in [-0.25, -0.2) is 9.19 Å². The van der Waals surface area contributed by atoms with Crippen LogP contribution in [0.15, 0.2) is 99.4 Å². The van der Waals surface area contributed by atoms with Crippen LogP contribution in [-0.4, -0.2) is 42.4 Å². The first-order valence-electron chi connectivity index (χ1n) is 13.6. The average Bonchev–Trinajstić information content (AvgIpc) is 3.44. The fourth-order valence-electron chi connectivity index (χ4n) is 4.65.